The molecule has 14 rings (SSSR count). The van der Waals surface area contributed by atoms with Gasteiger partial charge < -0.3 is 14.4 Å². The number of para-hydroxylation sites is 2. The summed E-state index contributed by atoms with van der Waals surface area (Å²) in [7, 11) is 0. The number of allylic oxidation sites excluding steroid dienone is 11. The molecule has 3 aliphatic heterocycles. The Morgan fingerprint density at radius 1 is 0.653 bits per heavy atom. The van der Waals surface area contributed by atoms with Crippen LogP contribution in [0.5, 0.6) is 0 Å². The molecule has 0 bridgehead atoms. The minimum absolute atomic E-state index is 0.0302. The molecule has 0 amide bonds. The lowest BCUT2D eigenvalue weighted by Gasteiger charge is -2.43. The molecule has 5 aromatic carbocycles. The van der Waals surface area contributed by atoms with Crippen molar-refractivity contribution in [1.29, 1.82) is 5.26 Å². The molecule has 75 heavy (non-hydrogen) atoms. The minimum Gasteiger partial charge on any atom is -0.336 e. The summed E-state index contributed by atoms with van der Waals surface area (Å²) in [6.45, 7) is 9.53. The number of hydrogen-bond acceptors (Lipinski definition) is 6. The van der Waals surface area contributed by atoms with Gasteiger partial charge >= 0.3 is 0 Å². The van der Waals surface area contributed by atoms with E-state index >= 15 is 0 Å². The first kappa shape index (κ1) is 46.1. The fourth-order valence-electron chi connectivity index (χ4n) is 14.6. The second kappa shape index (κ2) is 18.4. The monoisotopic (exact) mass is 980 g/mol. The second-order valence-electron chi connectivity index (χ2n) is 22.5. The predicted molar refractivity (Wildman–Crippen MR) is 307 cm³/mol. The first-order valence-corrected chi connectivity index (χ1v) is 27.6. The quantitative estimate of drug-likeness (QED) is 0.138. The van der Waals surface area contributed by atoms with Crippen molar-refractivity contribution in [3.63, 3.8) is 0 Å². The van der Waals surface area contributed by atoms with Gasteiger partial charge in [0, 0.05) is 57.0 Å². The highest BCUT2D eigenvalue weighted by Crippen LogP contribution is 2.58. The van der Waals surface area contributed by atoms with Gasteiger partial charge in [0.2, 0.25) is 0 Å². The van der Waals surface area contributed by atoms with Crippen molar-refractivity contribution in [3.05, 3.63) is 243 Å². The van der Waals surface area contributed by atoms with Gasteiger partial charge in [0.25, 0.3) is 0 Å². The average Bonchev–Trinajstić information content (AvgIpc) is 4.10. The van der Waals surface area contributed by atoms with Crippen LogP contribution in [0, 0.1) is 29.1 Å². The Morgan fingerprint density at radius 2 is 1.39 bits per heavy atom. The molecule has 0 spiro atoms. The standard InChI is InChI=1S/C68H65N7/c1-41-34-43(3)62-55(36-41)56-37-42(2)35-44(4)63(56)75(62)61-39-60(74-59-27-17-15-25-52(59)54-33-32-53-51-24-14-16-26-58(51)73(64(53)65(54)74)50-22-12-7-13-23-50)49(40-69)38-57(61)68-71-66(47-20-10-6-11-21-47)70-67(72-68)48-30-28-46(29-31-48)45-18-8-5-9-19-45/h6,8,10-12,14-34,37-39,41,44,53,55,62,64,66-68,70-72H,5,7,9,13,35-36H2,1-4H3. The second-order valence-corrected chi connectivity index (χ2v) is 22.5. The van der Waals surface area contributed by atoms with Crippen LogP contribution in [0.1, 0.15) is 141 Å². The predicted octanol–water partition coefficient (Wildman–Crippen LogP) is 15.4. The van der Waals surface area contributed by atoms with Crippen LogP contribution in [0.3, 0.4) is 0 Å². The van der Waals surface area contributed by atoms with E-state index in [1.807, 2.05) is 0 Å². The number of benzene rings is 5. The Balaban J connectivity index is 1.00. The van der Waals surface area contributed by atoms with Crippen molar-refractivity contribution >= 4 is 33.9 Å². The van der Waals surface area contributed by atoms with Gasteiger partial charge in [-0.3, -0.25) is 16.0 Å². The summed E-state index contributed by atoms with van der Waals surface area (Å²) in [4.78, 5) is 5.37. The summed E-state index contributed by atoms with van der Waals surface area (Å²) < 4.78 is 2.50. The van der Waals surface area contributed by atoms with Crippen LogP contribution >= 0.6 is 0 Å². The molecule has 8 aliphatic rings. The van der Waals surface area contributed by atoms with Crippen molar-refractivity contribution in [3.8, 4) is 11.8 Å². The van der Waals surface area contributed by atoms with Crippen molar-refractivity contribution in [1.82, 2.24) is 20.5 Å². The number of anilines is 2. The third-order valence-electron chi connectivity index (χ3n) is 17.7. The first-order valence-electron chi connectivity index (χ1n) is 27.6. The molecule has 3 N–H and O–H groups in total. The Hall–Kier alpha value is -7.47. The molecule has 5 aliphatic carbocycles. The van der Waals surface area contributed by atoms with Gasteiger partial charge in [-0.2, -0.15) is 5.26 Å². The highest BCUT2D eigenvalue weighted by Gasteiger charge is 2.49. The number of hydrogen-bond donors (Lipinski definition) is 3. The van der Waals surface area contributed by atoms with Gasteiger partial charge in [0.15, 0.2) is 0 Å². The summed E-state index contributed by atoms with van der Waals surface area (Å²) >= 11 is 0. The number of rotatable bonds is 7. The SMILES string of the molecule is CC1=CC2=C(C(C)C1)N(c1cc(-n3c4c(c5ccccc53)C=CC3c5ccccc5N(C5=CCCC=C5)C43)c(C#N)cc1C1NC(c3ccccc3)NC(c3ccc(C4=CCCC=C4)cc3)N1)C1C(C)=CC(C)CC21. The van der Waals surface area contributed by atoms with Crippen LogP contribution in [-0.2, 0) is 0 Å². The third kappa shape index (κ3) is 7.55. The molecule has 6 aromatic rings. The summed E-state index contributed by atoms with van der Waals surface area (Å²) in [5.41, 5.74) is 21.8. The first-order chi connectivity index (χ1) is 36.8. The molecule has 0 radical (unpaired) electrons. The van der Waals surface area contributed by atoms with Crippen LogP contribution < -0.4 is 25.8 Å². The van der Waals surface area contributed by atoms with E-state index in [1.54, 1.807) is 0 Å². The van der Waals surface area contributed by atoms with E-state index in [-0.39, 0.29) is 36.5 Å². The molecule has 372 valence electrons. The van der Waals surface area contributed by atoms with E-state index in [0.717, 1.165) is 72.1 Å². The van der Waals surface area contributed by atoms with Crippen LogP contribution in [0.25, 0.3) is 28.2 Å². The Kier molecular flexibility index (Phi) is 11.3. The van der Waals surface area contributed by atoms with Crippen molar-refractivity contribution < 1.29 is 0 Å². The maximum absolute atomic E-state index is 11.9. The van der Waals surface area contributed by atoms with Crippen molar-refractivity contribution in [2.24, 2.45) is 17.8 Å². The largest absolute Gasteiger partial charge is 0.336 e. The highest BCUT2D eigenvalue weighted by molar-refractivity contribution is 5.96. The normalized spacial score (nSPS) is 27.4. The maximum atomic E-state index is 11.9. The van der Waals surface area contributed by atoms with Gasteiger partial charge in [-0.15, -0.1) is 0 Å². The highest BCUT2D eigenvalue weighted by atomic mass is 15.4. The molecule has 7 heteroatoms. The van der Waals surface area contributed by atoms with E-state index in [9.17, 15) is 5.26 Å². The van der Waals surface area contributed by atoms with Crippen molar-refractivity contribution in [2.75, 3.05) is 9.80 Å². The van der Waals surface area contributed by atoms with Crippen LogP contribution in [0.2, 0.25) is 0 Å². The zero-order chi connectivity index (χ0) is 50.5. The lowest BCUT2D eigenvalue weighted by atomic mass is 9.75. The zero-order valence-electron chi connectivity index (χ0n) is 43.5. The smallest absolute Gasteiger partial charge is 0.101 e. The fourth-order valence-corrected chi connectivity index (χ4v) is 14.6. The third-order valence-corrected chi connectivity index (χ3v) is 17.7. The summed E-state index contributed by atoms with van der Waals surface area (Å²) in [5.74, 6) is 1.26. The van der Waals surface area contributed by atoms with E-state index in [4.69, 9.17) is 0 Å². The fraction of sp³-hybridized carbons (Fsp3) is 0.279. The molecule has 9 atom stereocenters. The zero-order valence-corrected chi connectivity index (χ0v) is 43.5. The maximum Gasteiger partial charge on any atom is 0.101 e. The Labute approximate surface area is 442 Å². The van der Waals surface area contributed by atoms with Crippen LogP contribution in [-0.4, -0.2) is 10.6 Å². The lowest BCUT2D eigenvalue weighted by Crippen LogP contribution is -2.54. The van der Waals surface area contributed by atoms with Gasteiger partial charge in [-0.05, 0) is 122 Å². The lowest BCUT2D eigenvalue weighted by molar-refractivity contribution is 0.203. The van der Waals surface area contributed by atoms with Crippen molar-refractivity contribution in [2.45, 2.75) is 103 Å². The summed E-state index contributed by atoms with van der Waals surface area (Å²) in [5, 5.41) is 25.3. The Morgan fingerprint density at radius 3 is 2.16 bits per heavy atom. The van der Waals surface area contributed by atoms with Gasteiger partial charge in [-0.25, -0.2) is 0 Å². The molecular weight excluding hydrogens is 915 g/mol. The molecule has 1 aromatic heterocycles. The molecule has 1 fully saturated rings. The average molecular weight is 980 g/mol. The van der Waals surface area contributed by atoms with Crippen LogP contribution in [0.4, 0.5) is 11.4 Å². The van der Waals surface area contributed by atoms with E-state index < -0.39 is 0 Å². The number of nitrogens with zero attached hydrogens (tertiary/aromatic N) is 4. The number of nitriles is 1. The Bertz CT molecular complexity index is 3610. The topological polar surface area (TPSA) is 71.3 Å². The molecule has 7 nitrogen and oxygen atoms in total. The van der Waals surface area contributed by atoms with E-state index in [2.05, 4.69) is 240 Å². The minimum atomic E-state index is -0.347. The summed E-state index contributed by atoms with van der Waals surface area (Å²) in [6, 6.07) is 45.4. The number of fused-ring (bicyclic) bond motifs is 9. The molecule has 1 saturated heterocycles. The van der Waals surface area contributed by atoms with E-state index in [0.29, 0.717) is 23.3 Å². The number of nitrogens with one attached hydrogen (secondary N) is 3. The van der Waals surface area contributed by atoms with Gasteiger partial charge in [-0.1, -0.05) is 171 Å². The molecular formula is C68H65N7. The number of aromatic nitrogens is 1. The summed E-state index contributed by atoms with van der Waals surface area (Å²) in [6.07, 6.45) is 29.5. The molecule has 4 heterocycles. The van der Waals surface area contributed by atoms with Gasteiger partial charge in [0.05, 0.1) is 53.0 Å². The molecule has 9 unspecified atom stereocenters. The van der Waals surface area contributed by atoms with Crippen LogP contribution in [0.15, 0.2) is 198 Å². The molecule has 0 saturated carbocycles. The van der Waals surface area contributed by atoms with E-state index in [1.165, 1.54) is 67.1 Å². The van der Waals surface area contributed by atoms with Gasteiger partial charge in [0.1, 0.15) is 6.07 Å².